The quantitative estimate of drug-likeness (QED) is 0.526. The Hall–Kier alpha value is -2.30. The highest BCUT2D eigenvalue weighted by Gasteiger charge is 2.19. The van der Waals surface area contributed by atoms with Gasteiger partial charge in [-0.1, -0.05) is 42.5 Å². The number of nitrogens with one attached hydrogen (secondary N) is 2. The summed E-state index contributed by atoms with van der Waals surface area (Å²) in [5.41, 5.74) is 0.870. The molecule has 0 bridgehead atoms. The van der Waals surface area contributed by atoms with E-state index in [0.717, 1.165) is 12.0 Å². The van der Waals surface area contributed by atoms with E-state index < -0.39 is 18.0 Å². The van der Waals surface area contributed by atoms with E-state index in [1.807, 2.05) is 49.4 Å². The molecule has 0 saturated carbocycles. The van der Waals surface area contributed by atoms with Crippen LogP contribution in [0.25, 0.3) is 0 Å². The van der Waals surface area contributed by atoms with Crippen LogP contribution in [-0.2, 0) is 11.2 Å². The van der Waals surface area contributed by atoms with Crippen LogP contribution in [-0.4, -0.2) is 29.7 Å². The predicted octanol–water partition coefficient (Wildman–Crippen LogP) is 1.95. The summed E-state index contributed by atoms with van der Waals surface area (Å²) in [7, 11) is 0. The van der Waals surface area contributed by atoms with Crippen LogP contribution in [0.2, 0.25) is 0 Å². The Morgan fingerprint density at radius 3 is 2.60 bits per heavy atom. The number of rotatable bonds is 7. The standard InChI is InChI=1S/C15H20N2O3/c1-2-3-7-10-16-15(20)17-13(14(18)19)11-12-8-5-4-6-9-12/h2-6,8-9,13H,7,10-11H2,1H3,(H,18,19)(H2,16,17,20)/b3-2+/t13-/m0/s1. The minimum atomic E-state index is -1.04. The molecule has 20 heavy (non-hydrogen) atoms. The topological polar surface area (TPSA) is 78.4 Å². The van der Waals surface area contributed by atoms with Gasteiger partial charge in [0.15, 0.2) is 0 Å². The lowest BCUT2D eigenvalue weighted by Crippen LogP contribution is -2.47. The number of carboxylic acids is 1. The molecule has 1 aromatic carbocycles. The maximum Gasteiger partial charge on any atom is 0.326 e. The number of allylic oxidation sites excluding steroid dienone is 1. The van der Waals surface area contributed by atoms with Crippen molar-refractivity contribution in [1.82, 2.24) is 10.6 Å². The molecule has 1 aromatic rings. The van der Waals surface area contributed by atoms with Gasteiger partial charge in [0.1, 0.15) is 6.04 Å². The van der Waals surface area contributed by atoms with E-state index >= 15 is 0 Å². The third kappa shape index (κ3) is 6.04. The summed E-state index contributed by atoms with van der Waals surface area (Å²) in [6.45, 7) is 2.38. The lowest BCUT2D eigenvalue weighted by Gasteiger charge is -2.15. The first-order valence-corrected chi connectivity index (χ1v) is 6.55. The van der Waals surface area contributed by atoms with E-state index in [2.05, 4.69) is 10.6 Å². The van der Waals surface area contributed by atoms with Crippen molar-refractivity contribution in [2.24, 2.45) is 0 Å². The largest absolute Gasteiger partial charge is 0.480 e. The minimum absolute atomic E-state index is 0.262. The summed E-state index contributed by atoms with van der Waals surface area (Å²) < 4.78 is 0. The van der Waals surface area contributed by atoms with Gasteiger partial charge in [-0.25, -0.2) is 9.59 Å². The van der Waals surface area contributed by atoms with Gasteiger partial charge in [0.2, 0.25) is 0 Å². The molecule has 0 aliphatic carbocycles. The smallest absolute Gasteiger partial charge is 0.326 e. The number of urea groups is 1. The van der Waals surface area contributed by atoms with Crippen molar-refractivity contribution >= 4 is 12.0 Å². The fraction of sp³-hybridized carbons (Fsp3) is 0.333. The molecule has 0 aliphatic rings. The Morgan fingerprint density at radius 2 is 2.00 bits per heavy atom. The van der Waals surface area contributed by atoms with Crippen LogP contribution in [0.3, 0.4) is 0 Å². The molecule has 0 aliphatic heterocycles. The summed E-state index contributed by atoms with van der Waals surface area (Å²) in [5, 5.41) is 14.2. The molecule has 2 amide bonds. The average molecular weight is 276 g/mol. The molecular formula is C15H20N2O3. The second kappa shape index (κ2) is 8.74. The van der Waals surface area contributed by atoms with Crippen LogP contribution in [0.1, 0.15) is 18.9 Å². The van der Waals surface area contributed by atoms with Crippen molar-refractivity contribution < 1.29 is 14.7 Å². The van der Waals surface area contributed by atoms with Crippen molar-refractivity contribution in [3.8, 4) is 0 Å². The Labute approximate surface area is 118 Å². The van der Waals surface area contributed by atoms with Gasteiger partial charge in [-0.15, -0.1) is 0 Å². The normalized spacial score (nSPS) is 12.1. The fourth-order valence-corrected chi connectivity index (χ4v) is 1.69. The first-order chi connectivity index (χ1) is 9.63. The van der Waals surface area contributed by atoms with Crippen LogP contribution in [0.4, 0.5) is 4.79 Å². The molecule has 0 fully saturated rings. The molecule has 5 heteroatoms. The number of aliphatic carboxylic acids is 1. The monoisotopic (exact) mass is 276 g/mol. The zero-order valence-corrected chi connectivity index (χ0v) is 11.5. The van der Waals surface area contributed by atoms with Gasteiger partial charge in [-0.3, -0.25) is 0 Å². The number of amides is 2. The Kier molecular flexibility index (Phi) is 6.89. The maximum absolute atomic E-state index is 11.6. The summed E-state index contributed by atoms with van der Waals surface area (Å²) in [6, 6.07) is 7.82. The Morgan fingerprint density at radius 1 is 1.30 bits per heavy atom. The van der Waals surface area contributed by atoms with Crippen LogP contribution in [0.15, 0.2) is 42.5 Å². The third-order valence-electron chi connectivity index (χ3n) is 2.72. The molecule has 0 radical (unpaired) electrons. The molecule has 0 aromatic heterocycles. The molecule has 108 valence electrons. The van der Waals surface area contributed by atoms with Crippen LogP contribution >= 0.6 is 0 Å². The molecule has 3 N–H and O–H groups in total. The van der Waals surface area contributed by atoms with Gasteiger partial charge >= 0.3 is 12.0 Å². The van der Waals surface area contributed by atoms with Gasteiger partial charge in [0.25, 0.3) is 0 Å². The van der Waals surface area contributed by atoms with Crippen LogP contribution in [0, 0.1) is 0 Å². The van der Waals surface area contributed by atoms with E-state index in [1.165, 1.54) is 0 Å². The highest BCUT2D eigenvalue weighted by Crippen LogP contribution is 2.03. The number of hydrogen-bond donors (Lipinski definition) is 3. The van der Waals surface area contributed by atoms with Crippen LogP contribution in [0.5, 0.6) is 0 Å². The van der Waals surface area contributed by atoms with E-state index in [1.54, 1.807) is 0 Å². The highest BCUT2D eigenvalue weighted by atomic mass is 16.4. The zero-order valence-electron chi connectivity index (χ0n) is 11.5. The minimum Gasteiger partial charge on any atom is -0.480 e. The second-order valence-electron chi connectivity index (χ2n) is 4.34. The van der Waals surface area contributed by atoms with Gasteiger partial charge in [-0.2, -0.15) is 0 Å². The lowest BCUT2D eigenvalue weighted by molar-refractivity contribution is -0.139. The summed E-state index contributed by atoms with van der Waals surface area (Å²) >= 11 is 0. The predicted molar refractivity (Wildman–Crippen MR) is 77.5 cm³/mol. The molecule has 0 heterocycles. The molecule has 1 rings (SSSR count). The molecule has 5 nitrogen and oxygen atoms in total. The molecule has 0 spiro atoms. The van der Waals surface area contributed by atoms with Crippen molar-refractivity contribution in [2.45, 2.75) is 25.8 Å². The highest BCUT2D eigenvalue weighted by molar-refractivity contribution is 5.82. The van der Waals surface area contributed by atoms with E-state index in [4.69, 9.17) is 5.11 Å². The van der Waals surface area contributed by atoms with Gasteiger partial charge < -0.3 is 15.7 Å². The summed E-state index contributed by atoms with van der Waals surface area (Å²) in [6.07, 6.45) is 4.81. The van der Waals surface area contributed by atoms with Gasteiger partial charge in [0, 0.05) is 13.0 Å². The van der Waals surface area contributed by atoms with Gasteiger partial charge in [-0.05, 0) is 18.9 Å². The van der Waals surface area contributed by atoms with Crippen LogP contribution < -0.4 is 10.6 Å². The summed E-state index contributed by atoms with van der Waals surface area (Å²) in [5.74, 6) is -1.04. The number of carboxylic acid groups (broad SMARTS) is 1. The van der Waals surface area contributed by atoms with Gasteiger partial charge in [0.05, 0.1) is 0 Å². The summed E-state index contributed by atoms with van der Waals surface area (Å²) in [4.78, 5) is 22.8. The Balaban J connectivity index is 2.46. The van der Waals surface area contributed by atoms with Crippen molar-refractivity contribution in [3.05, 3.63) is 48.0 Å². The molecule has 0 saturated heterocycles. The van der Waals surface area contributed by atoms with Crippen molar-refractivity contribution in [2.75, 3.05) is 6.54 Å². The van der Waals surface area contributed by atoms with E-state index in [-0.39, 0.29) is 6.42 Å². The van der Waals surface area contributed by atoms with Crippen molar-refractivity contribution in [1.29, 1.82) is 0 Å². The zero-order chi connectivity index (χ0) is 14.8. The van der Waals surface area contributed by atoms with Crippen molar-refractivity contribution in [3.63, 3.8) is 0 Å². The number of carbonyl (C=O) groups excluding carboxylic acids is 1. The molecular weight excluding hydrogens is 256 g/mol. The first kappa shape index (κ1) is 15.8. The SMILES string of the molecule is C/C=C/CCNC(=O)N[C@@H](Cc1ccccc1)C(=O)O. The second-order valence-corrected chi connectivity index (χ2v) is 4.34. The first-order valence-electron chi connectivity index (χ1n) is 6.55. The third-order valence-corrected chi connectivity index (χ3v) is 2.72. The lowest BCUT2D eigenvalue weighted by atomic mass is 10.1. The Bertz CT molecular complexity index is 457. The number of benzene rings is 1. The van der Waals surface area contributed by atoms with E-state index in [9.17, 15) is 9.59 Å². The number of carbonyl (C=O) groups is 2. The van der Waals surface area contributed by atoms with E-state index in [0.29, 0.717) is 6.54 Å². The average Bonchev–Trinajstić information content (AvgIpc) is 2.44. The fourth-order valence-electron chi connectivity index (χ4n) is 1.69. The number of hydrogen-bond acceptors (Lipinski definition) is 2. The maximum atomic E-state index is 11.6. The molecule has 0 unspecified atom stereocenters. The molecule has 1 atom stereocenters.